The molecule has 15 heteroatoms. The molecule has 2 atom stereocenters. The van der Waals surface area contributed by atoms with E-state index in [9.17, 15) is 29.3 Å². The molecule has 7 N–H and O–H groups in total. The fourth-order valence-corrected chi connectivity index (χ4v) is 3.60. The minimum Gasteiger partial charge on any atom is -0.453 e. The molecule has 196 valence electrons. The van der Waals surface area contributed by atoms with Gasteiger partial charge in [-0.15, -0.1) is 0 Å². The van der Waals surface area contributed by atoms with E-state index >= 15 is 0 Å². The molecule has 0 bridgehead atoms. The van der Waals surface area contributed by atoms with Gasteiger partial charge in [0.2, 0.25) is 17.7 Å². The van der Waals surface area contributed by atoms with Crippen molar-refractivity contribution in [1.29, 1.82) is 0 Å². The fourth-order valence-electron chi connectivity index (χ4n) is 3.60. The number of nitrogens with two attached hydrogens (primary N) is 2. The molecule has 0 spiro atoms. The molecule has 2 rings (SSSR count). The SMILES string of the molecule is COC(=O)NCC(=O)N1CCC[C@H]1C(=O)N[C@@H](CCCN=C(N)N)C(=O)Nc1ccc([N+](=O)[O-])cc1. The lowest BCUT2D eigenvalue weighted by atomic mass is 10.1. The van der Waals surface area contributed by atoms with E-state index in [4.69, 9.17) is 11.5 Å². The Hall–Kier alpha value is -4.43. The molecule has 1 aliphatic rings. The molecule has 36 heavy (non-hydrogen) atoms. The van der Waals surface area contributed by atoms with Gasteiger partial charge in [0.1, 0.15) is 18.6 Å². The lowest BCUT2D eigenvalue weighted by molar-refractivity contribution is -0.384. The summed E-state index contributed by atoms with van der Waals surface area (Å²) < 4.78 is 4.44. The summed E-state index contributed by atoms with van der Waals surface area (Å²) in [7, 11) is 1.17. The lowest BCUT2D eigenvalue weighted by Gasteiger charge is -2.26. The second-order valence-electron chi connectivity index (χ2n) is 7.89. The van der Waals surface area contributed by atoms with Crippen LogP contribution in [0.25, 0.3) is 0 Å². The van der Waals surface area contributed by atoms with Gasteiger partial charge in [-0.05, 0) is 37.8 Å². The highest BCUT2D eigenvalue weighted by Crippen LogP contribution is 2.19. The number of ether oxygens (including phenoxy) is 1. The number of carbonyl (C=O) groups excluding carboxylic acids is 4. The number of nitrogens with one attached hydrogen (secondary N) is 3. The molecule has 4 amide bonds. The van der Waals surface area contributed by atoms with Crippen molar-refractivity contribution >= 4 is 41.1 Å². The molecular weight excluding hydrogens is 476 g/mol. The predicted molar refractivity (Wildman–Crippen MR) is 129 cm³/mol. The van der Waals surface area contributed by atoms with E-state index in [1.807, 2.05) is 0 Å². The molecule has 0 radical (unpaired) electrons. The van der Waals surface area contributed by atoms with Crippen LogP contribution in [0.5, 0.6) is 0 Å². The van der Waals surface area contributed by atoms with E-state index < -0.39 is 40.8 Å². The number of nitrogens with zero attached hydrogens (tertiary/aromatic N) is 3. The van der Waals surface area contributed by atoms with Crippen molar-refractivity contribution in [3.8, 4) is 0 Å². The predicted octanol–water partition coefficient (Wildman–Crippen LogP) is -0.581. The molecule has 0 unspecified atom stereocenters. The van der Waals surface area contributed by atoms with Crippen LogP contribution in [0.15, 0.2) is 29.3 Å². The number of hydrogen-bond donors (Lipinski definition) is 5. The molecule has 1 fully saturated rings. The largest absolute Gasteiger partial charge is 0.453 e. The molecule has 0 aliphatic carbocycles. The number of likely N-dealkylation sites (tertiary alicyclic amines) is 1. The summed E-state index contributed by atoms with van der Waals surface area (Å²) >= 11 is 0. The zero-order valence-electron chi connectivity index (χ0n) is 19.8. The maximum absolute atomic E-state index is 13.0. The van der Waals surface area contributed by atoms with Crippen molar-refractivity contribution < 1.29 is 28.8 Å². The maximum atomic E-state index is 13.0. The number of guanidine groups is 1. The minimum atomic E-state index is -0.993. The number of nitro groups is 1. The molecular formula is C21H30N8O7. The fraction of sp³-hybridized carbons (Fsp3) is 0.476. The van der Waals surface area contributed by atoms with Gasteiger partial charge in [0, 0.05) is 30.9 Å². The van der Waals surface area contributed by atoms with E-state index in [-0.39, 0.29) is 31.2 Å². The first-order chi connectivity index (χ1) is 17.1. The number of rotatable bonds is 11. The molecule has 1 saturated heterocycles. The van der Waals surface area contributed by atoms with Crippen molar-refractivity contribution in [1.82, 2.24) is 15.5 Å². The number of non-ortho nitro benzene ring substituents is 1. The molecule has 1 aromatic rings. The molecule has 1 heterocycles. The van der Waals surface area contributed by atoms with Crippen LogP contribution in [0.3, 0.4) is 0 Å². The maximum Gasteiger partial charge on any atom is 0.407 e. The van der Waals surface area contributed by atoms with E-state index in [2.05, 4.69) is 25.7 Å². The highest BCUT2D eigenvalue weighted by Gasteiger charge is 2.35. The summed E-state index contributed by atoms with van der Waals surface area (Å²) in [5.74, 6) is -1.64. The highest BCUT2D eigenvalue weighted by molar-refractivity contribution is 5.98. The van der Waals surface area contributed by atoms with Gasteiger partial charge >= 0.3 is 6.09 Å². The van der Waals surface area contributed by atoms with Crippen LogP contribution in [0.4, 0.5) is 16.2 Å². The van der Waals surface area contributed by atoms with Gasteiger partial charge in [0.05, 0.1) is 12.0 Å². The van der Waals surface area contributed by atoms with Gasteiger partial charge in [-0.3, -0.25) is 29.5 Å². The number of nitro benzene ring substituents is 1. The quantitative estimate of drug-likeness (QED) is 0.0849. The Bertz CT molecular complexity index is 994. The number of benzene rings is 1. The van der Waals surface area contributed by atoms with E-state index in [0.717, 1.165) is 0 Å². The Morgan fingerprint density at radius 3 is 2.56 bits per heavy atom. The first-order valence-corrected chi connectivity index (χ1v) is 11.1. The van der Waals surface area contributed by atoms with Gasteiger partial charge in [0.25, 0.3) is 5.69 Å². The van der Waals surface area contributed by atoms with Crippen molar-refractivity contribution in [2.24, 2.45) is 16.5 Å². The number of alkyl carbamates (subject to hydrolysis) is 1. The summed E-state index contributed by atoms with van der Waals surface area (Å²) in [6.07, 6.45) is 0.748. The number of carbonyl (C=O) groups is 4. The number of hydrogen-bond acceptors (Lipinski definition) is 8. The third-order valence-electron chi connectivity index (χ3n) is 5.37. The zero-order chi connectivity index (χ0) is 26.7. The monoisotopic (exact) mass is 506 g/mol. The number of amides is 4. The summed E-state index contributed by atoms with van der Waals surface area (Å²) in [6.45, 7) is 0.218. The zero-order valence-corrected chi connectivity index (χ0v) is 19.8. The topological polar surface area (TPSA) is 224 Å². The van der Waals surface area contributed by atoms with Gasteiger partial charge in [-0.25, -0.2) is 4.79 Å². The van der Waals surface area contributed by atoms with Crippen LogP contribution in [0, 0.1) is 10.1 Å². The average molecular weight is 507 g/mol. The number of aliphatic imine (C=N–C) groups is 1. The summed E-state index contributed by atoms with van der Waals surface area (Å²) in [5.41, 5.74) is 10.8. The second kappa shape index (κ2) is 13.5. The van der Waals surface area contributed by atoms with E-state index in [0.29, 0.717) is 31.5 Å². The number of anilines is 1. The Morgan fingerprint density at radius 2 is 1.94 bits per heavy atom. The normalized spacial score (nSPS) is 15.4. The van der Waals surface area contributed by atoms with Crippen molar-refractivity contribution in [2.45, 2.75) is 37.8 Å². The van der Waals surface area contributed by atoms with E-state index in [1.165, 1.54) is 36.3 Å². The van der Waals surface area contributed by atoms with Gasteiger partial charge < -0.3 is 37.1 Å². The minimum absolute atomic E-state index is 0.105. The molecule has 1 aromatic carbocycles. The van der Waals surface area contributed by atoms with Crippen LogP contribution in [0.2, 0.25) is 0 Å². The summed E-state index contributed by atoms with van der Waals surface area (Å²) in [5, 5.41) is 18.4. The average Bonchev–Trinajstić information content (AvgIpc) is 3.34. The summed E-state index contributed by atoms with van der Waals surface area (Å²) in [6, 6.07) is 3.43. The third-order valence-corrected chi connectivity index (χ3v) is 5.37. The van der Waals surface area contributed by atoms with E-state index in [1.54, 1.807) is 0 Å². The molecule has 0 saturated carbocycles. The van der Waals surface area contributed by atoms with Crippen LogP contribution in [-0.4, -0.2) is 78.4 Å². The Balaban J connectivity index is 2.08. The second-order valence-corrected chi connectivity index (χ2v) is 7.89. The Labute approximate surface area is 206 Å². The number of methoxy groups -OCH3 is 1. The standard InChI is InChI=1S/C21H30N8O7/c1-36-21(33)25-12-17(30)28-11-3-5-16(28)19(32)27-15(4-2-10-24-20(22)23)18(31)26-13-6-8-14(9-7-13)29(34)35/h6-9,15-16H,2-5,10-12H2,1H3,(H,25,33)(H,26,31)(H,27,32)(H4,22,23,24)/t15-,16-/m0/s1. The summed E-state index contributed by atoms with van der Waals surface area (Å²) in [4.78, 5) is 65.2. The van der Waals surface area contributed by atoms with Gasteiger partial charge in [0.15, 0.2) is 5.96 Å². The van der Waals surface area contributed by atoms with Gasteiger partial charge in [-0.2, -0.15) is 0 Å². The highest BCUT2D eigenvalue weighted by atomic mass is 16.6. The Kier molecular flexibility index (Phi) is 10.4. The van der Waals surface area contributed by atoms with Crippen molar-refractivity contribution in [2.75, 3.05) is 32.1 Å². The van der Waals surface area contributed by atoms with Crippen LogP contribution in [-0.2, 0) is 19.1 Å². The molecule has 1 aliphatic heterocycles. The van der Waals surface area contributed by atoms with Crippen LogP contribution >= 0.6 is 0 Å². The third kappa shape index (κ3) is 8.41. The van der Waals surface area contributed by atoms with Crippen LogP contribution < -0.4 is 27.4 Å². The lowest BCUT2D eigenvalue weighted by Crippen LogP contribution is -2.53. The van der Waals surface area contributed by atoms with Gasteiger partial charge in [-0.1, -0.05) is 0 Å². The van der Waals surface area contributed by atoms with Crippen LogP contribution in [0.1, 0.15) is 25.7 Å². The molecule has 15 nitrogen and oxygen atoms in total. The Morgan fingerprint density at radius 1 is 1.25 bits per heavy atom. The first-order valence-electron chi connectivity index (χ1n) is 11.1. The van der Waals surface area contributed by atoms with Crippen molar-refractivity contribution in [3.05, 3.63) is 34.4 Å². The smallest absolute Gasteiger partial charge is 0.407 e. The molecule has 0 aromatic heterocycles. The first kappa shape index (κ1) is 27.8. The van der Waals surface area contributed by atoms with Crippen molar-refractivity contribution in [3.63, 3.8) is 0 Å².